The van der Waals surface area contributed by atoms with Gasteiger partial charge in [-0.1, -0.05) is 0 Å². The van der Waals surface area contributed by atoms with Gasteiger partial charge in [-0.3, -0.25) is 0 Å². The highest BCUT2D eigenvalue weighted by molar-refractivity contribution is 5.08. The average Bonchev–Trinajstić information content (AvgIpc) is 2.78. The minimum atomic E-state index is -0.322. The van der Waals surface area contributed by atoms with Gasteiger partial charge in [-0.2, -0.15) is 0 Å². The minimum Gasteiger partial charge on any atom is -0.347 e. The molecule has 5 fully saturated rings. The van der Waals surface area contributed by atoms with Crippen LogP contribution in [0.2, 0.25) is 0 Å². The van der Waals surface area contributed by atoms with Crippen LogP contribution in [0.1, 0.15) is 44.9 Å². The Morgan fingerprint density at radius 3 is 1.83 bits per heavy atom. The number of nitrogens with two attached hydrogens (primary N) is 1. The van der Waals surface area contributed by atoms with Crippen molar-refractivity contribution in [2.24, 2.45) is 28.9 Å². The highest BCUT2D eigenvalue weighted by Crippen LogP contribution is 2.65. The van der Waals surface area contributed by atoms with Gasteiger partial charge in [-0.15, -0.1) is 0 Å². The van der Waals surface area contributed by atoms with E-state index < -0.39 is 0 Å². The fourth-order valence-electron chi connectivity index (χ4n) is 5.94. The van der Waals surface area contributed by atoms with Gasteiger partial charge in [0.15, 0.2) is 5.79 Å². The summed E-state index contributed by atoms with van der Waals surface area (Å²) in [5, 5.41) is 0. The molecule has 1 saturated heterocycles. The van der Waals surface area contributed by atoms with E-state index in [9.17, 15) is 0 Å². The number of ether oxygens (including phenoxy) is 2. The molecule has 0 aromatic rings. The Balaban J connectivity index is 1.69. The Labute approximate surface area is 109 Å². The monoisotopic (exact) mass is 251 g/mol. The first kappa shape index (κ1) is 11.7. The first-order valence-electron chi connectivity index (χ1n) is 7.73. The van der Waals surface area contributed by atoms with Crippen LogP contribution in [-0.2, 0) is 9.47 Å². The lowest BCUT2D eigenvalue weighted by Gasteiger charge is -2.61. The first-order chi connectivity index (χ1) is 8.75. The summed E-state index contributed by atoms with van der Waals surface area (Å²) in [4.78, 5) is 0. The van der Waals surface area contributed by atoms with Crippen molar-refractivity contribution in [1.82, 2.24) is 0 Å². The van der Waals surface area contributed by atoms with E-state index in [0.717, 1.165) is 37.4 Å². The van der Waals surface area contributed by atoms with Crippen molar-refractivity contribution in [1.29, 1.82) is 0 Å². The summed E-state index contributed by atoms with van der Waals surface area (Å²) in [6.07, 6.45) is 9.30. The Bertz CT molecular complexity index is 300. The van der Waals surface area contributed by atoms with Crippen molar-refractivity contribution in [3.05, 3.63) is 0 Å². The summed E-state index contributed by atoms with van der Waals surface area (Å²) < 4.78 is 12.3. The fraction of sp³-hybridized carbons (Fsp3) is 1.00. The molecular formula is C15H25NO2. The standard InChI is InChI=1S/C15H25NO2/c16-2-1-15(17-3-4-18-15)14-8-11-5-12(9-14)7-13(6-11)10-14/h11-13H,1-10,16H2. The minimum absolute atomic E-state index is 0.303. The van der Waals surface area contributed by atoms with Gasteiger partial charge >= 0.3 is 0 Å². The third kappa shape index (κ3) is 1.47. The Hall–Kier alpha value is -0.120. The van der Waals surface area contributed by atoms with Crippen molar-refractivity contribution in [3.63, 3.8) is 0 Å². The second-order valence-corrected chi connectivity index (χ2v) is 7.19. The predicted molar refractivity (Wildman–Crippen MR) is 68.9 cm³/mol. The highest BCUT2D eigenvalue weighted by Gasteiger charge is 2.62. The maximum atomic E-state index is 6.16. The summed E-state index contributed by atoms with van der Waals surface area (Å²) in [6, 6.07) is 0. The summed E-state index contributed by atoms with van der Waals surface area (Å²) in [6.45, 7) is 2.21. The van der Waals surface area contributed by atoms with E-state index in [1.165, 1.54) is 38.5 Å². The van der Waals surface area contributed by atoms with Crippen LogP contribution in [0.15, 0.2) is 0 Å². The Morgan fingerprint density at radius 2 is 1.39 bits per heavy atom. The molecule has 18 heavy (non-hydrogen) atoms. The van der Waals surface area contributed by atoms with Gasteiger partial charge < -0.3 is 15.2 Å². The van der Waals surface area contributed by atoms with Crippen LogP contribution in [0, 0.1) is 23.2 Å². The van der Waals surface area contributed by atoms with Crippen molar-refractivity contribution in [3.8, 4) is 0 Å². The first-order valence-corrected chi connectivity index (χ1v) is 7.73. The van der Waals surface area contributed by atoms with Crippen LogP contribution in [0.25, 0.3) is 0 Å². The molecule has 0 spiro atoms. The number of hydrogen-bond acceptors (Lipinski definition) is 3. The van der Waals surface area contributed by atoms with Crippen molar-refractivity contribution < 1.29 is 9.47 Å². The van der Waals surface area contributed by atoms with Gasteiger partial charge in [0.2, 0.25) is 0 Å². The normalized spacial score (nSPS) is 48.8. The lowest BCUT2D eigenvalue weighted by atomic mass is 9.47. The average molecular weight is 251 g/mol. The van der Waals surface area contributed by atoms with Crippen molar-refractivity contribution in [2.45, 2.75) is 50.7 Å². The fourth-order valence-corrected chi connectivity index (χ4v) is 5.94. The second kappa shape index (κ2) is 3.94. The molecule has 4 aliphatic carbocycles. The van der Waals surface area contributed by atoms with E-state index in [1.807, 2.05) is 0 Å². The van der Waals surface area contributed by atoms with E-state index in [0.29, 0.717) is 12.0 Å². The quantitative estimate of drug-likeness (QED) is 0.837. The second-order valence-electron chi connectivity index (χ2n) is 7.19. The van der Waals surface area contributed by atoms with E-state index in [1.54, 1.807) is 0 Å². The molecule has 4 saturated carbocycles. The van der Waals surface area contributed by atoms with E-state index in [4.69, 9.17) is 15.2 Å². The van der Waals surface area contributed by atoms with E-state index >= 15 is 0 Å². The summed E-state index contributed by atoms with van der Waals surface area (Å²) in [5.41, 5.74) is 6.16. The third-order valence-corrected chi connectivity index (χ3v) is 6.07. The molecule has 102 valence electrons. The molecule has 1 aliphatic heterocycles. The van der Waals surface area contributed by atoms with Gasteiger partial charge in [0.1, 0.15) is 0 Å². The number of hydrogen-bond donors (Lipinski definition) is 1. The smallest absolute Gasteiger partial charge is 0.175 e. The molecule has 5 rings (SSSR count). The zero-order valence-electron chi connectivity index (χ0n) is 11.2. The SMILES string of the molecule is NCCC1(C23CC4CC(CC(C4)C2)C3)OCCO1. The lowest BCUT2D eigenvalue weighted by Crippen LogP contribution is -2.59. The molecule has 0 amide bonds. The van der Waals surface area contributed by atoms with E-state index in [-0.39, 0.29) is 5.79 Å². The molecule has 0 aromatic heterocycles. The topological polar surface area (TPSA) is 44.5 Å². The van der Waals surface area contributed by atoms with Crippen LogP contribution < -0.4 is 5.73 Å². The molecule has 2 N–H and O–H groups in total. The molecule has 3 nitrogen and oxygen atoms in total. The summed E-state index contributed by atoms with van der Waals surface area (Å²) >= 11 is 0. The van der Waals surface area contributed by atoms with Crippen molar-refractivity contribution >= 4 is 0 Å². The van der Waals surface area contributed by atoms with Crippen LogP contribution in [0.5, 0.6) is 0 Å². The molecule has 0 aromatic carbocycles. The summed E-state index contributed by atoms with van der Waals surface area (Å²) in [5.74, 6) is 2.51. The highest BCUT2D eigenvalue weighted by atomic mass is 16.7. The van der Waals surface area contributed by atoms with Crippen molar-refractivity contribution in [2.75, 3.05) is 19.8 Å². The lowest BCUT2D eigenvalue weighted by molar-refractivity contribution is -0.283. The molecular weight excluding hydrogens is 226 g/mol. The predicted octanol–water partition coefficient (Wildman–Crippen LogP) is 2.29. The molecule has 0 unspecified atom stereocenters. The van der Waals surface area contributed by atoms with Crippen LogP contribution >= 0.6 is 0 Å². The van der Waals surface area contributed by atoms with Gasteiger partial charge in [0.05, 0.1) is 13.2 Å². The maximum absolute atomic E-state index is 6.16. The Morgan fingerprint density at radius 1 is 0.889 bits per heavy atom. The molecule has 0 atom stereocenters. The maximum Gasteiger partial charge on any atom is 0.175 e. The van der Waals surface area contributed by atoms with Crippen LogP contribution in [-0.4, -0.2) is 25.5 Å². The third-order valence-electron chi connectivity index (χ3n) is 6.07. The molecule has 3 heteroatoms. The Kier molecular flexibility index (Phi) is 2.56. The molecule has 1 heterocycles. The molecule has 0 radical (unpaired) electrons. The summed E-state index contributed by atoms with van der Waals surface area (Å²) in [7, 11) is 0. The van der Waals surface area contributed by atoms with Crippen LogP contribution in [0.3, 0.4) is 0 Å². The zero-order chi connectivity index (χ0) is 12.2. The van der Waals surface area contributed by atoms with E-state index in [2.05, 4.69) is 0 Å². The molecule has 5 aliphatic rings. The van der Waals surface area contributed by atoms with Gasteiger partial charge in [0.25, 0.3) is 0 Å². The van der Waals surface area contributed by atoms with Gasteiger partial charge in [-0.25, -0.2) is 0 Å². The number of rotatable bonds is 3. The molecule has 4 bridgehead atoms. The zero-order valence-corrected chi connectivity index (χ0v) is 11.2. The van der Waals surface area contributed by atoms with Crippen LogP contribution in [0.4, 0.5) is 0 Å². The van der Waals surface area contributed by atoms with Gasteiger partial charge in [-0.05, 0) is 62.8 Å². The largest absolute Gasteiger partial charge is 0.347 e. The van der Waals surface area contributed by atoms with Gasteiger partial charge in [0, 0.05) is 11.8 Å².